The number of hydrogen-bond acceptors (Lipinski definition) is 5. The van der Waals surface area contributed by atoms with Crippen molar-refractivity contribution in [3.63, 3.8) is 0 Å². The van der Waals surface area contributed by atoms with Gasteiger partial charge in [0.1, 0.15) is 0 Å². The van der Waals surface area contributed by atoms with E-state index in [0.717, 1.165) is 42.7 Å². The van der Waals surface area contributed by atoms with Gasteiger partial charge in [-0.3, -0.25) is 4.79 Å². The zero-order valence-corrected chi connectivity index (χ0v) is 17.3. The van der Waals surface area contributed by atoms with Gasteiger partial charge in [-0.2, -0.15) is 0 Å². The van der Waals surface area contributed by atoms with Crippen LogP contribution in [0.25, 0.3) is 11.3 Å². The fourth-order valence-electron chi connectivity index (χ4n) is 5.19. The van der Waals surface area contributed by atoms with Gasteiger partial charge in [0, 0.05) is 17.7 Å². The van der Waals surface area contributed by atoms with E-state index in [1.165, 1.54) is 6.42 Å². The molecule has 0 spiro atoms. The van der Waals surface area contributed by atoms with Gasteiger partial charge in [0.25, 0.3) is 0 Å². The normalized spacial score (nSPS) is 26.2. The van der Waals surface area contributed by atoms with E-state index in [-0.39, 0.29) is 24.2 Å². The van der Waals surface area contributed by atoms with Crippen LogP contribution in [0.2, 0.25) is 0 Å². The molecule has 1 aliphatic heterocycles. The molecule has 2 unspecified atom stereocenters. The molecule has 2 atom stereocenters. The van der Waals surface area contributed by atoms with Crippen molar-refractivity contribution in [1.82, 2.24) is 10.5 Å². The highest BCUT2D eigenvalue weighted by molar-refractivity contribution is 5.91. The first kappa shape index (κ1) is 18.5. The highest BCUT2D eigenvalue weighted by Gasteiger charge is 2.54. The van der Waals surface area contributed by atoms with E-state index in [2.05, 4.69) is 31.2 Å². The fourth-order valence-corrected chi connectivity index (χ4v) is 5.19. The van der Waals surface area contributed by atoms with Gasteiger partial charge in [0.15, 0.2) is 17.3 Å². The second-order valence-corrected chi connectivity index (χ2v) is 9.81. The number of nitrogens with zero attached hydrogens (tertiary/aromatic N) is 1. The zero-order chi connectivity index (χ0) is 20.2. The van der Waals surface area contributed by atoms with Gasteiger partial charge in [-0.1, -0.05) is 25.9 Å². The van der Waals surface area contributed by atoms with E-state index < -0.39 is 5.41 Å². The molecule has 2 heterocycles. The van der Waals surface area contributed by atoms with Crippen LogP contribution in [0.1, 0.15) is 58.6 Å². The standard InChI is InChI=1S/C23H28N2O4/c1-14-8-16(12-22(2,3)11-14)24-21(26)23(6-7-23)20-10-18(29-25-20)15-4-5-17-19(9-15)28-13-27-17/h4-5,9-10,14,16H,6-8,11-13H2,1-3H3,(H,24,26). The number of carbonyl (C=O) groups is 1. The Labute approximate surface area is 170 Å². The molecular weight excluding hydrogens is 368 g/mol. The summed E-state index contributed by atoms with van der Waals surface area (Å²) < 4.78 is 16.4. The van der Waals surface area contributed by atoms with Gasteiger partial charge < -0.3 is 19.3 Å². The molecule has 1 N–H and O–H groups in total. The summed E-state index contributed by atoms with van der Waals surface area (Å²) in [6.45, 7) is 7.11. The number of carbonyl (C=O) groups excluding carboxylic acids is 1. The third kappa shape index (κ3) is 3.38. The third-order valence-corrected chi connectivity index (χ3v) is 6.56. The number of amides is 1. The summed E-state index contributed by atoms with van der Waals surface area (Å²) in [7, 11) is 0. The molecule has 0 bridgehead atoms. The van der Waals surface area contributed by atoms with Gasteiger partial charge in [0.2, 0.25) is 12.7 Å². The number of nitrogens with one attached hydrogen (secondary N) is 1. The van der Waals surface area contributed by atoms with E-state index >= 15 is 0 Å². The number of rotatable bonds is 4. The van der Waals surface area contributed by atoms with Gasteiger partial charge in [-0.25, -0.2) is 0 Å². The predicted molar refractivity (Wildman–Crippen MR) is 108 cm³/mol. The average Bonchev–Trinajstić information content (AvgIpc) is 3.10. The lowest BCUT2D eigenvalue weighted by molar-refractivity contribution is -0.125. The minimum Gasteiger partial charge on any atom is -0.454 e. The Hall–Kier alpha value is -2.50. The summed E-state index contributed by atoms with van der Waals surface area (Å²) in [5.74, 6) is 2.80. The van der Waals surface area contributed by atoms with E-state index in [1.54, 1.807) is 0 Å². The second kappa shape index (κ2) is 6.51. The van der Waals surface area contributed by atoms with E-state index in [9.17, 15) is 4.79 Å². The molecule has 1 amide bonds. The second-order valence-electron chi connectivity index (χ2n) is 9.81. The third-order valence-electron chi connectivity index (χ3n) is 6.56. The first-order valence-electron chi connectivity index (χ1n) is 10.5. The highest BCUT2D eigenvalue weighted by atomic mass is 16.7. The lowest BCUT2D eigenvalue weighted by Crippen LogP contribution is -2.46. The lowest BCUT2D eigenvalue weighted by atomic mass is 9.70. The molecule has 0 saturated heterocycles. The Bertz CT molecular complexity index is 944. The van der Waals surface area contributed by atoms with Crippen molar-refractivity contribution in [2.75, 3.05) is 6.79 Å². The van der Waals surface area contributed by atoms with E-state index in [0.29, 0.717) is 17.4 Å². The van der Waals surface area contributed by atoms with Crippen LogP contribution in [0, 0.1) is 11.3 Å². The SMILES string of the molecule is CC1CC(NC(=O)C2(c3cc(-c4ccc5c(c4)OCO5)on3)CC2)CC(C)(C)C1. The number of aromatic nitrogens is 1. The van der Waals surface area contributed by atoms with Crippen molar-refractivity contribution in [3.8, 4) is 22.8 Å². The van der Waals surface area contributed by atoms with Crippen molar-refractivity contribution in [1.29, 1.82) is 0 Å². The van der Waals surface area contributed by atoms with Crippen molar-refractivity contribution in [2.45, 2.75) is 64.3 Å². The van der Waals surface area contributed by atoms with Crippen LogP contribution < -0.4 is 14.8 Å². The number of fused-ring (bicyclic) bond motifs is 1. The molecule has 1 aromatic carbocycles. The molecule has 29 heavy (non-hydrogen) atoms. The van der Waals surface area contributed by atoms with Gasteiger partial charge >= 0.3 is 0 Å². The van der Waals surface area contributed by atoms with Crippen molar-refractivity contribution in [2.24, 2.45) is 11.3 Å². The van der Waals surface area contributed by atoms with Gasteiger partial charge in [-0.05, 0) is 61.6 Å². The Morgan fingerprint density at radius 3 is 2.69 bits per heavy atom. The Kier molecular flexibility index (Phi) is 4.16. The maximum Gasteiger partial charge on any atom is 0.232 e. The molecule has 2 aliphatic carbocycles. The molecule has 0 radical (unpaired) electrons. The number of ether oxygens (including phenoxy) is 2. The van der Waals surface area contributed by atoms with Crippen molar-refractivity contribution in [3.05, 3.63) is 30.0 Å². The molecule has 2 saturated carbocycles. The fraction of sp³-hybridized carbons (Fsp3) is 0.565. The minimum atomic E-state index is -0.539. The molecule has 5 rings (SSSR count). The number of hydrogen-bond donors (Lipinski definition) is 1. The van der Waals surface area contributed by atoms with Crippen LogP contribution in [-0.4, -0.2) is 23.9 Å². The summed E-state index contributed by atoms with van der Waals surface area (Å²) in [5.41, 5.74) is 1.33. The molecule has 2 fully saturated rings. The summed E-state index contributed by atoms with van der Waals surface area (Å²) >= 11 is 0. The quantitative estimate of drug-likeness (QED) is 0.827. The molecular formula is C23H28N2O4. The Morgan fingerprint density at radius 1 is 1.14 bits per heavy atom. The summed E-state index contributed by atoms with van der Waals surface area (Å²) in [4.78, 5) is 13.2. The first-order chi connectivity index (χ1) is 13.8. The van der Waals surface area contributed by atoms with E-state index in [4.69, 9.17) is 14.0 Å². The largest absolute Gasteiger partial charge is 0.454 e. The topological polar surface area (TPSA) is 73.6 Å². The lowest BCUT2D eigenvalue weighted by Gasteiger charge is -2.39. The summed E-state index contributed by atoms with van der Waals surface area (Å²) in [5, 5.41) is 7.60. The Balaban J connectivity index is 1.33. The smallest absolute Gasteiger partial charge is 0.232 e. The summed E-state index contributed by atoms with van der Waals surface area (Å²) in [6, 6.07) is 7.81. The number of benzene rings is 1. The zero-order valence-electron chi connectivity index (χ0n) is 17.3. The minimum absolute atomic E-state index is 0.0953. The van der Waals surface area contributed by atoms with Crippen LogP contribution in [0.15, 0.2) is 28.8 Å². The first-order valence-corrected chi connectivity index (χ1v) is 10.5. The molecule has 6 heteroatoms. The van der Waals surface area contributed by atoms with Crippen LogP contribution in [0.4, 0.5) is 0 Å². The van der Waals surface area contributed by atoms with Crippen LogP contribution >= 0.6 is 0 Å². The predicted octanol–water partition coefficient (Wildman–Crippen LogP) is 4.43. The van der Waals surface area contributed by atoms with Gasteiger partial charge in [0.05, 0.1) is 11.1 Å². The Morgan fingerprint density at radius 2 is 1.93 bits per heavy atom. The highest BCUT2D eigenvalue weighted by Crippen LogP contribution is 2.49. The molecule has 6 nitrogen and oxygen atoms in total. The van der Waals surface area contributed by atoms with Crippen molar-refractivity contribution >= 4 is 5.91 Å². The van der Waals surface area contributed by atoms with Crippen molar-refractivity contribution < 1.29 is 18.8 Å². The average molecular weight is 396 g/mol. The van der Waals surface area contributed by atoms with Crippen LogP contribution in [0.3, 0.4) is 0 Å². The molecule has 3 aliphatic rings. The molecule has 2 aromatic rings. The monoisotopic (exact) mass is 396 g/mol. The molecule has 154 valence electrons. The van der Waals surface area contributed by atoms with Gasteiger partial charge in [-0.15, -0.1) is 0 Å². The maximum absolute atomic E-state index is 13.2. The van der Waals surface area contributed by atoms with E-state index in [1.807, 2.05) is 24.3 Å². The summed E-state index contributed by atoms with van der Waals surface area (Å²) in [6.07, 6.45) is 4.93. The maximum atomic E-state index is 13.2. The van der Waals surface area contributed by atoms with Crippen LogP contribution in [0.5, 0.6) is 11.5 Å². The van der Waals surface area contributed by atoms with Crippen LogP contribution in [-0.2, 0) is 10.2 Å². The molecule has 1 aromatic heterocycles.